The number of rotatable bonds is 7. The highest BCUT2D eigenvalue weighted by molar-refractivity contribution is 9.10. The van der Waals surface area contributed by atoms with Crippen LogP contribution in [0.1, 0.15) is 13.3 Å². The summed E-state index contributed by atoms with van der Waals surface area (Å²) in [4.78, 5) is 0.155. The van der Waals surface area contributed by atoms with E-state index in [1.807, 2.05) is 0 Å². The second kappa shape index (κ2) is 8.93. The van der Waals surface area contributed by atoms with Crippen molar-refractivity contribution in [3.8, 4) is 11.5 Å². The summed E-state index contributed by atoms with van der Waals surface area (Å²) in [5.74, 6) is 1.01. The predicted molar refractivity (Wildman–Crippen MR) is 90.7 cm³/mol. The maximum atomic E-state index is 12.3. The summed E-state index contributed by atoms with van der Waals surface area (Å²) in [5.41, 5.74) is 0. The second-order valence-corrected chi connectivity index (χ2v) is 7.16. The molecule has 2 rings (SSSR count). The summed E-state index contributed by atoms with van der Waals surface area (Å²) in [6, 6.07) is 3.11. The van der Waals surface area contributed by atoms with Gasteiger partial charge in [0.1, 0.15) is 18.1 Å². The Bertz CT molecular complexity index is 598. The van der Waals surface area contributed by atoms with Crippen LogP contribution in [0.2, 0.25) is 0 Å². The number of fused-ring (bicyclic) bond motifs is 1. The third kappa shape index (κ3) is 4.99. The highest BCUT2D eigenvalue weighted by Gasteiger charge is 2.22. The molecule has 1 aliphatic rings. The molecule has 0 atom stereocenters. The van der Waals surface area contributed by atoms with E-state index in [4.69, 9.17) is 9.47 Å². The van der Waals surface area contributed by atoms with Crippen molar-refractivity contribution in [3.63, 3.8) is 0 Å². The Hall–Kier alpha value is -0.540. The summed E-state index contributed by atoms with van der Waals surface area (Å²) >= 11 is 3.27. The molecule has 9 heteroatoms. The Morgan fingerprint density at radius 2 is 1.77 bits per heavy atom. The number of sulfonamides is 1. The maximum absolute atomic E-state index is 12.3. The molecule has 126 valence electrons. The summed E-state index contributed by atoms with van der Waals surface area (Å²) in [6.07, 6.45) is 1.01. The van der Waals surface area contributed by atoms with E-state index in [9.17, 15) is 8.42 Å². The van der Waals surface area contributed by atoms with Crippen LogP contribution in [-0.2, 0) is 10.0 Å². The lowest BCUT2D eigenvalue weighted by atomic mass is 10.3. The molecular weight excluding hydrogens is 396 g/mol. The van der Waals surface area contributed by atoms with Gasteiger partial charge < -0.3 is 14.8 Å². The van der Waals surface area contributed by atoms with Crippen LogP contribution in [0.3, 0.4) is 0 Å². The van der Waals surface area contributed by atoms with Crippen LogP contribution in [0.5, 0.6) is 11.5 Å². The molecule has 22 heavy (non-hydrogen) atoms. The Kier molecular flexibility index (Phi) is 7.92. The Balaban J connectivity index is 0.00000242. The van der Waals surface area contributed by atoms with Gasteiger partial charge in [-0.05, 0) is 35.0 Å². The summed E-state index contributed by atoms with van der Waals surface area (Å²) in [5, 5.41) is 3.14. The van der Waals surface area contributed by atoms with Crippen molar-refractivity contribution in [3.05, 3.63) is 16.6 Å². The molecule has 1 aliphatic heterocycles. The van der Waals surface area contributed by atoms with E-state index in [0.717, 1.165) is 13.0 Å². The van der Waals surface area contributed by atoms with Crippen molar-refractivity contribution in [2.45, 2.75) is 18.2 Å². The lowest BCUT2D eigenvalue weighted by Crippen LogP contribution is -2.32. The fourth-order valence-corrected chi connectivity index (χ4v) is 3.97. The van der Waals surface area contributed by atoms with Gasteiger partial charge >= 0.3 is 0 Å². The number of halogens is 2. The van der Waals surface area contributed by atoms with Crippen LogP contribution >= 0.6 is 28.3 Å². The smallest absolute Gasteiger partial charge is 0.241 e. The first kappa shape index (κ1) is 19.5. The van der Waals surface area contributed by atoms with Gasteiger partial charge in [-0.25, -0.2) is 13.1 Å². The highest BCUT2D eigenvalue weighted by Crippen LogP contribution is 2.37. The van der Waals surface area contributed by atoms with E-state index < -0.39 is 10.0 Å². The Morgan fingerprint density at radius 1 is 1.14 bits per heavy atom. The molecule has 0 saturated carbocycles. The highest BCUT2D eigenvalue weighted by atomic mass is 79.9. The van der Waals surface area contributed by atoms with E-state index in [1.165, 1.54) is 6.07 Å². The number of hydrogen-bond acceptors (Lipinski definition) is 5. The van der Waals surface area contributed by atoms with Gasteiger partial charge in [-0.1, -0.05) is 6.92 Å². The van der Waals surface area contributed by atoms with E-state index in [1.54, 1.807) is 6.07 Å². The van der Waals surface area contributed by atoms with Gasteiger partial charge in [0.05, 0.1) is 0 Å². The minimum atomic E-state index is -3.58. The van der Waals surface area contributed by atoms with E-state index in [0.29, 0.717) is 42.3 Å². The molecule has 0 spiro atoms. The normalized spacial score (nSPS) is 13.5. The molecule has 1 heterocycles. The van der Waals surface area contributed by atoms with Crippen molar-refractivity contribution in [1.29, 1.82) is 0 Å². The molecule has 0 bridgehead atoms. The number of hydrogen-bond donors (Lipinski definition) is 2. The van der Waals surface area contributed by atoms with Crippen LogP contribution in [0.15, 0.2) is 21.5 Å². The second-order valence-electron chi connectivity index (χ2n) is 4.57. The molecule has 6 nitrogen and oxygen atoms in total. The topological polar surface area (TPSA) is 76.7 Å². The van der Waals surface area contributed by atoms with E-state index in [2.05, 4.69) is 32.9 Å². The molecule has 0 saturated heterocycles. The van der Waals surface area contributed by atoms with Crippen molar-refractivity contribution >= 4 is 38.4 Å². The fourth-order valence-electron chi connectivity index (χ4n) is 1.90. The van der Waals surface area contributed by atoms with Crippen LogP contribution in [0.4, 0.5) is 0 Å². The molecule has 1 aromatic rings. The number of benzene rings is 1. The van der Waals surface area contributed by atoms with Crippen molar-refractivity contribution in [2.75, 3.05) is 32.8 Å². The average molecular weight is 416 g/mol. The summed E-state index contributed by atoms with van der Waals surface area (Å²) < 4.78 is 38.5. The quantitative estimate of drug-likeness (QED) is 0.665. The first-order chi connectivity index (χ1) is 10.0. The molecular formula is C13H20BrClN2O4S. The van der Waals surface area contributed by atoms with E-state index >= 15 is 0 Å². The van der Waals surface area contributed by atoms with Gasteiger partial charge in [-0.3, -0.25) is 0 Å². The zero-order chi connectivity index (χ0) is 15.3. The van der Waals surface area contributed by atoms with Crippen molar-refractivity contribution < 1.29 is 17.9 Å². The largest absolute Gasteiger partial charge is 0.486 e. The molecule has 0 fully saturated rings. The minimum absolute atomic E-state index is 0. The minimum Gasteiger partial charge on any atom is -0.486 e. The zero-order valence-electron chi connectivity index (χ0n) is 12.2. The molecule has 0 radical (unpaired) electrons. The lowest BCUT2D eigenvalue weighted by Gasteiger charge is -2.20. The van der Waals surface area contributed by atoms with Gasteiger partial charge in [0.2, 0.25) is 10.0 Å². The van der Waals surface area contributed by atoms with Crippen LogP contribution in [0, 0.1) is 0 Å². The monoisotopic (exact) mass is 414 g/mol. The zero-order valence-corrected chi connectivity index (χ0v) is 15.4. The van der Waals surface area contributed by atoms with Crippen LogP contribution < -0.4 is 19.5 Å². The summed E-state index contributed by atoms with van der Waals surface area (Å²) in [7, 11) is -3.58. The van der Waals surface area contributed by atoms with Gasteiger partial charge in [0.15, 0.2) is 11.5 Å². The molecule has 2 N–H and O–H groups in total. The fraction of sp³-hybridized carbons (Fsp3) is 0.538. The molecule has 1 aromatic carbocycles. The first-order valence-electron chi connectivity index (χ1n) is 6.84. The third-order valence-electron chi connectivity index (χ3n) is 2.91. The molecule has 0 aromatic heterocycles. The van der Waals surface area contributed by atoms with Crippen molar-refractivity contribution in [2.24, 2.45) is 0 Å². The van der Waals surface area contributed by atoms with Crippen LogP contribution in [0.25, 0.3) is 0 Å². The third-order valence-corrected chi connectivity index (χ3v) is 5.33. The number of nitrogens with one attached hydrogen (secondary N) is 2. The lowest BCUT2D eigenvalue weighted by molar-refractivity contribution is 0.171. The molecule has 0 unspecified atom stereocenters. The SMILES string of the molecule is CCCNCCNS(=O)(=O)c1cc2c(cc1Br)OCCO2.Cl. The standard InChI is InChI=1S/C13H19BrN2O4S.ClH/c1-2-3-15-4-5-16-21(17,18)13-9-12-11(8-10(13)14)19-6-7-20-12;/h8-9,15-16H,2-7H2,1H3;1H. The Morgan fingerprint density at radius 3 is 2.41 bits per heavy atom. The maximum Gasteiger partial charge on any atom is 0.241 e. The summed E-state index contributed by atoms with van der Waals surface area (Å²) in [6.45, 7) is 4.74. The van der Waals surface area contributed by atoms with Gasteiger partial charge in [0.25, 0.3) is 0 Å². The average Bonchev–Trinajstić information content (AvgIpc) is 2.46. The first-order valence-corrected chi connectivity index (χ1v) is 9.11. The molecule has 0 amide bonds. The number of ether oxygens (including phenoxy) is 2. The Labute approximate surface area is 145 Å². The predicted octanol–water partition coefficient (Wildman–Crippen LogP) is 1.92. The van der Waals surface area contributed by atoms with Crippen molar-refractivity contribution in [1.82, 2.24) is 10.0 Å². The van der Waals surface area contributed by atoms with Gasteiger partial charge in [-0.2, -0.15) is 0 Å². The molecule has 0 aliphatic carbocycles. The van der Waals surface area contributed by atoms with Gasteiger partial charge in [-0.15, -0.1) is 12.4 Å². The van der Waals surface area contributed by atoms with Crippen LogP contribution in [-0.4, -0.2) is 41.3 Å². The van der Waals surface area contributed by atoms with E-state index in [-0.39, 0.29) is 17.3 Å². The van der Waals surface area contributed by atoms with Gasteiger partial charge in [0, 0.05) is 23.6 Å².